The quantitative estimate of drug-likeness (QED) is 0.392. The normalized spacial score (nSPS) is 13.6. The van der Waals surface area contributed by atoms with Crippen molar-refractivity contribution in [2.75, 3.05) is 5.75 Å². The molecule has 0 bridgehead atoms. The summed E-state index contributed by atoms with van der Waals surface area (Å²) in [6.45, 7) is 1.84. The third-order valence-electron chi connectivity index (χ3n) is 1.76. The van der Waals surface area contributed by atoms with Gasteiger partial charge in [0.1, 0.15) is 5.75 Å². The molecule has 0 fully saturated rings. The zero-order valence-corrected chi connectivity index (χ0v) is 9.03. The lowest BCUT2D eigenvalue weighted by atomic mass is 10.2. The first-order valence-electron chi connectivity index (χ1n) is 4.54. The summed E-state index contributed by atoms with van der Waals surface area (Å²) >= 11 is 0. The van der Waals surface area contributed by atoms with Gasteiger partial charge in [-0.25, -0.2) is 0 Å². The average molecular weight is 255 g/mol. The molecule has 0 aromatic carbocycles. The molecule has 0 aliphatic carbocycles. The molecule has 0 atom stereocenters. The Balaban J connectivity index is 4.17. The first-order chi connectivity index (χ1) is 6.69. The van der Waals surface area contributed by atoms with Crippen LogP contribution in [0.25, 0.3) is 0 Å². The minimum absolute atomic E-state index is 0.0179. The molecule has 92 valence electrons. The maximum Gasteiger partial charge on any atom is 0.584 e. The lowest BCUT2D eigenvalue weighted by molar-refractivity contribution is -0.0773. The Morgan fingerprint density at radius 1 is 0.800 bits per heavy atom. The van der Waals surface area contributed by atoms with Crippen LogP contribution in [0.1, 0.15) is 32.6 Å². The van der Waals surface area contributed by atoms with Gasteiger partial charge in [0.2, 0.25) is 10.9 Å². The van der Waals surface area contributed by atoms with Gasteiger partial charge in [0.15, 0.2) is 0 Å². The summed E-state index contributed by atoms with van der Waals surface area (Å²) in [6.07, 6.45) is 1.86. The van der Waals surface area contributed by atoms with E-state index in [9.17, 15) is 26.3 Å². The topological polar surface area (TPSA) is 0 Å². The highest BCUT2D eigenvalue weighted by atomic mass is 32.2. The molecule has 15 heavy (non-hydrogen) atoms. The van der Waals surface area contributed by atoms with E-state index in [0.29, 0.717) is 12.8 Å². The van der Waals surface area contributed by atoms with Crippen LogP contribution in [-0.4, -0.2) is 16.8 Å². The summed E-state index contributed by atoms with van der Waals surface area (Å²) in [5, 5.41) is 0. The van der Waals surface area contributed by atoms with Gasteiger partial charge in [-0.15, -0.1) is 26.3 Å². The number of unbranched alkanes of at least 4 members (excludes halogenated alkanes) is 3. The second-order valence-corrected chi connectivity index (χ2v) is 5.16. The van der Waals surface area contributed by atoms with Gasteiger partial charge in [0.25, 0.3) is 0 Å². The smallest absolute Gasteiger partial charge is 0.122 e. The SMILES string of the molecule is CCCCCC[S+](C(F)(F)F)C(F)(F)F. The van der Waals surface area contributed by atoms with E-state index in [4.69, 9.17) is 0 Å². The molecule has 0 aromatic heterocycles. The molecule has 0 spiro atoms. The monoisotopic (exact) mass is 255 g/mol. The van der Waals surface area contributed by atoms with Crippen molar-refractivity contribution >= 4 is 10.9 Å². The zero-order valence-electron chi connectivity index (χ0n) is 8.21. The van der Waals surface area contributed by atoms with E-state index in [2.05, 4.69) is 0 Å². The van der Waals surface area contributed by atoms with Crippen molar-refractivity contribution < 1.29 is 26.3 Å². The molecule has 0 rings (SSSR count). The molecule has 0 aromatic rings. The van der Waals surface area contributed by atoms with Crippen LogP contribution in [-0.2, 0) is 10.9 Å². The molecule has 0 amide bonds. The third-order valence-corrected chi connectivity index (χ3v) is 3.58. The number of hydrogen-bond donors (Lipinski definition) is 0. The maximum absolute atomic E-state index is 12.0. The van der Waals surface area contributed by atoms with Gasteiger partial charge in [0.05, 0.1) is 0 Å². The summed E-state index contributed by atoms with van der Waals surface area (Å²) in [5.74, 6) is -0.826. The van der Waals surface area contributed by atoms with Crippen molar-refractivity contribution in [2.24, 2.45) is 0 Å². The Kier molecular flexibility index (Phi) is 5.84. The summed E-state index contributed by atoms with van der Waals surface area (Å²) < 4.78 is 72.1. The van der Waals surface area contributed by atoms with E-state index in [1.165, 1.54) is 0 Å². The van der Waals surface area contributed by atoms with E-state index in [-0.39, 0.29) is 6.42 Å². The zero-order chi connectivity index (χ0) is 12.1. The van der Waals surface area contributed by atoms with Crippen LogP contribution >= 0.6 is 0 Å². The van der Waals surface area contributed by atoms with E-state index < -0.39 is 27.7 Å². The van der Waals surface area contributed by atoms with Crippen LogP contribution in [0.15, 0.2) is 0 Å². The van der Waals surface area contributed by atoms with Gasteiger partial charge in [0, 0.05) is 0 Å². The highest BCUT2D eigenvalue weighted by molar-refractivity contribution is 7.98. The fourth-order valence-corrected chi connectivity index (χ4v) is 2.25. The van der Waals surface area contributed by atoms with E-state index >= 15 is 0 Å². The molecule has 0 saturated heterocycles. The molecule has 0 aliphatic rings. The molecule has 0 radical (unpaired) electrons. The van der Waals surface area contributed by atoms with Crippen LogP contribution in [0.2, 0.25) is 0 Å². The van der Waals surface area contributed by atoms with Crippen LogP contribution in [0, 0.1) is 0 Å². The second-order valence-electron chi connectivity index (χ2n) is 3.05. The van der Waals surface area contributed by atoms with Gasteiger partial charge in [-0.3, -0.25) is 0 Å². The Labute approximate surface area is 87.4 Å². The average Bonchev–Trinajstić information content (AvgIpc) is 1.99. The first kappa shape index (κ1) is 14.9. The fraction of sp³-hybridized carbons (Fsp3) is 1.00. The molecule has 0 saturated carbocycles. The minimum Gasteiger partial charge on any atom is -0.122 e. The van der Waals surface area contributed by atoms with Gasteiger partial charge in [-0.1, -0.05) is 19.8 Å². The van der Waals surface area contributed by atoms with Gasteiger partial charge >= 0.3 is 11.0 Å². The molecule has 0 unspecified atom stereocenters. The molecular formula is C8H13F6S+. The standard InChI is InChI=1S/C8H13F6S/c1-2-3-4-5-6-15(7(9,10)11)8(12,13)14/h2-6H2,1H3/q+1. The van der Waals surface area contributed by atoms with Crippen molar-refractivity contribution in [1.29, 1.82) is 0 Å². The van der Waals surface area contributed by atoms with Crippen molar-refractivity contribution in [2.45, 2.75) is 43.6 Å². The van der Waals surface area contributed by atoms with Crippen LogP contribution in [0.3, 0.4) is 0 Å². The molecule has 7 heteroatoms. The van der Waals surface area contributed by atoms with Crippen LogP contribution in [0.5, 0.6) is 0 Å². The van der Waals surface area contributed by atoms with Crippen LogP contribution < -0.4 is 0 Å². The van der Waals surface area contributed by atoms with Gasteiger partial charge in [-0.2, -0.15) is 0 Å². The number of rotatable bonds is 5. The number of alkyl halides is 6. The Bertz CT molecular complexity index is 159. The summed E-state index contributed by atoms with van der Waals surface area (Å²) in [5.41, 5.74) is -10.3. The molecule has 0 nitrogen and oxygen atoms in total. The fourth-order valence-electron chi connectivity index (χ4n) is 1.04. The van der Waals surface area contributed by atoms with Crippen molar-refractivity contribution in [3.63, 3.8) is 0 Å². The van der Waals surface area contributed by atoms with Crippen molar-refractivity contribution in [3.05, 3.63) is 0 Å². The minimum atomic E-state index is -5.15. The molecule has 0 aliphatic heterocycles. The highest BCUT2D eigenvalue weighted by Crippen LogP contribution is 2.39. The van der Waals surface area contributed by atoms with E-state index in [0.717, 1.165) is 6.42 Å². The van der Waals surface area contributed by atoms with Gasteiger partial charge in [-0.05, 0) is 12.8 Å². The summed E-state index contributed by atoms with van der Waals surface area (Å²) in [6, 6.07) is 0. The lowest BCUT2D eigenvalue weighted by Crippen LogP contribution is -2.39. The Morgan fingerprint density at radius 3 is 1.60 bits per heavy atom. The predicted molar refractivity (Wildman–Crippen MR) is 48.5 cm³/mol. The van der Waals surface area contributed by atoms with Crippen molar-refractivity contribution in [3.8, 4) is 0 Å². The lowest BCUT2D eigenvalue weighted by Gasteiger charge is -2.12. The van der Waals surface area contributed by atoms with E-state index in [1.807, 2.05) is 6.92 Å². The Morgan fingerprint density at radius 2 is 1.27 bits per heavy atom. The summed E-state index contributed by atoms with van der Waals surface area (Å²) in [7, 11) is -3.46. The summed E-state index contributed by atoms with van der Waals surface area (Å²) in [4.78, 5) is 0. The van der Waals surface area contributed by atoms with Crippen molar-refractivity contribution in [1.82, 2.24) is 0 Å². The largest absolute Gasteiger partial charge is 0.584 e. The van der Waals surface area contributed by atoms with Gasteiger partial charge < -0.3 is 0 Å². The second kappa shape index (κ2) is 5.86. The first-order valence-corrected chi connectivity index (χ1v) is 5.93. The van der Waals surface area contributed by atoms with Crippen LogP contribution in [0.4, 0.5) is 26.3 Å². The molecule has 0 N–H and O–H groups in total. The maximum atomic E-state index is 12.0. The highest BCUT2D eigenvalue weighted by Gasteiger charge is 2.67. The number of hydrogen-bond acceptors (Lipinski definition) is 0. The number of halogens is 6. The molecule has 0 heterocycles. The molecular weight excluding hydrogens is 242 g/mol. The predicted octanol–water partition coefficient (Wildman–Crippen LogP) is 4.22. The van der Waals surface area contributed by atoms with E-state index in [1.54, 1.807) is 0 Å². The Hall–Kier alpha value is -0.0700. The third kappa shape index (κ3) is 6.17.